The maximum Gasteiger partial charge on any atom is 0.260 e. The lowest BCUT2D eigenvalue weighted by Gasteiger charge is -2.31. The Morgan fingerprint density at radius 1 is 0.880 bits per heavy atom. The van der Waals surface area contributed by atoms with Crippen LogP contribution in [0.15, 0.2) is 72.8 Å². The van der Waals surface area contributed by atoms with Crippen molar-refractivity contribution in [1.29, 1.82) is 0 Å². The number of ether oxygens (including phenoxy) is 5. The van der Waals surface area contributed by atoms with E-state index in [-0.39, 0.29) is 58.4 Å². The summed E-state index contributed by atoms with van der Waals surface area (Å²) in [5, 5.41) is 15.3. The average molecular weight is 764 g/mol. The van der Waals surface area contributed by atoms with E-state index in [2.05, 4.69) is 5.32 Å². The summed E-state index contributed by atoms with van der Waals surface area (Å²) in [5.74, 6) is 0.886. The van der Waals surface area contributed by atoms with Crippen molar-refractivity contribution in [2.75, 3.05) is 40.7 Å². The zero-order chi connectivity index (χ0) is 35.8. The summed E-state index contributed by atoms with van der Waals surface area (Å²) in [6, 6.07) is 20.0. The zero-order valence-electron chi connectivity index (χ0n) is 27.1. The fourth-order valence-corrected chi connectivity index (χ4v) is 6.63. The first-order valence-electron chi connectivity index (χ1n) is 15.4. The maximum absolute atomic E-state index is 13.8. The van der Waals surface area contributed by atoms with Crippen molar-refractivity contribution < 1.29 is 38.4 Å². The quantitative estimate of drug-likeness (QED) is 0.135. The number of hydrogen-bond donors (Lipinski definition) is 2. The lowest BCUT2D eigenvalue weighted by atomic mass is 9.99. The van der Waals surface area contributed by atoms with Crippen LogP contribution in [-0.2, 0) is 17.6 Å². The molecule has 0 fully saturated rings. The second-order valence-electron chi connectivity index (χ2n) is 11.3. The van der Waals surface area contributed by atoms with E-state index in [1.165, 1.54) is 37.3 Å². The minimum atomic E-state index is -1.23. The van der Waals surface area contributed by atoms with Crippen LogP contribution in [0.4, 0.5) is 0 Å². The zero-order valence-corrected chi connectivity index (χ0v) is 30.1. The molecule has 264 valence electrons. The summed E-state index contributed by atoms with van der Waals surface area (Å²) in [5.41, 5.74) is 1.85. The standard InChI is InChI=1S/C36H34Cl4N2O8/c1-46-30-11-9-24(33(40)35(30)47-2)36(45)41-27(14-21-6-4-3-5-7-21)28(43)18-42(13-12-22-8-10-29-31(15-22)50-20-49-29)32(44)19-48-34-25(38)16-23(37)17-26(34)39/h3-11,15-17,27-28,43H,12-14,18-20H2,1-2H3,(H,41,45)/t27-,28-/m0/s1. The highest BCUT2D eigenvalue weighted by molar-refractivity contribution is 6.40. The predicted molar refractivity (Wildman–Crippen MR) is 192 cm³/mol. The number of hydrogen-bond acceptors (Lipinski definition) is 8. The number of nitrogens with one attached hydrogen (secondary N) is 1. The fourth-order valence-electron chi connectivity index (χ4n) is 5.39. The molecule has 4 aromatic carbocycles. The lowest BCUT2D eigenvalue weighted by molar-refractivity contribution is -0.135. The maximum atomic E-state index is 13.8. The number of fused-ring (bicyclic) bond motifs is 1. The Balaban J connectivity index is 1.38. The van der Waals surface area contributed by atoms with Crippen LogP contribution in [-0.4, -0.2) is 74.7 Å². The minimum absolute atomic E-state index is 0.0505. The molecule has 0 spiro atoms. The normalized spacial score (nSPS) is 12.9. The molecule has 0 aliphatic carbocycles. The molecule has 10 nitrogen and oxygen atoms in total. The molecule has 50 heavy (non-hydrogen) atoms. The van der Waals surface area contributed by atoms with Crippen LogP contribution < -0.4 is 29.0 Å². The van der Waals surface area contributed by atoms with Crippen molar-refractivity contribution in [3.05, 3.63) is 110 Å². The van der Waals surface area contributed by atoms with E-state index in [4.69, 9.17) is 70.1 Å². The van der Waals surface area contributed by atoms with Crippen molar-refractivity contribution in [3.8, 4) is 28.7 Å². The highest BCUT2D eigenvalue weighted by atomic mass is 35.5. The third-order valence-electron chi connectivity index (χ3n) is 7.98. The Labute approximate surface area is 309 Å². The Kier molecular flexibility index (Phi) is 12.8. The molecule has 2 N–H and O–H groups in total. The largest absolute Gasteiger partial charge is 0.493 e. The van der Waals surface area contributed by atoms with E-state index in [0.717, 1.165) is 11.1 Å². The number of carbonyl (C=O) groups excluding carboxylic acids is 2. The van der Waals surface area contributed by atoms with E-state index < -0.39 is 30.6 Å². The number of aliphatic hydroxyl groups excluding tert-OH is 1. The molecule has 2 amide bonds. The monoisotopic (exact) mass is 762 g/mol. The summed E-state index contributed by atoms with van der Waals surface area (Å²) < 4.78 is 27.3. The highest BCUT2D eigenvalue weighted by Gasteiger charge is 2.29. The van der Waals surface area contributed by atoms with Crippen LogP contribution >= 0.6 is 46.4 Å². The van der Waals surface area contributed by atoms with Gasteiger partial charge in [0.25, 0.3) is 11.8 Å². The number of nitrogens with zero attached hydrogens (tertiary/aromatic N) is 1. The number of aliphatic hydroxyl groups is 1. The molecular formula is C36H34Cl4N2O8. The Morgan fingerprint density at radius 3 is 2.30 bits per heavy atom. The van der Waals surface area contributed by atoms with Crippen molar-refractivity contribution in [3.63, 3.8) is 0 Å². The third kappa shape index (κ3) is 9.18. The van der Waals surface area contributed by atoms with Crippen LogP contribution in [0.2, 0.25) is 20.1 Å². The molecule has 5 rings (SSSR count). The Morgan fingerprint density at radius 2 is 1.60 bits per heavy atom. The lowest BCUT2D eigenvalue weighted by Crippen LogP contribution is -2.51. The molecule has 4 aromatic rings. The summed E-state index contributed by atoms with van der Waals surface area (Å²) in [6.45, 7) is -0.279. The molecule has 0 bridgehead atoms. The van der Waals surface area contributed by atoms with E-state index >= 15 is 0 Å². The average Bonchev–Trinajstić information content (AvgIpc) is 3.57. The Hall–Kier alpha value is -4.06. The molecule has 2 atom stereocenters. The third-order valence-corrected chi connectivity index (χ3v) is 9.13. The van der Waals surface area contributed by atoms with Crippen LogP contribution in [0.1, 0.15) is 21.5 Å². The van der Waals surface area contributed by atoms with Gasteiger partial charge >= 0.3 is 0 Å². The van der Waals surface area contributed by atoms with Gasteiger partial charge in [-0.3, -0.25) is 9.59 Å². The van der Waals surface area contributed by atoms with Gasteiger partial charge in [0.15, 0.2) is 35.4 Å². The van der Waals surface area contributed by atoms with Gasteiger partial charge in [-0.15, -0.1) is 0 Å². The molecule has 1 aliphatic rings. The van der Waals surface area contributed by atoms with Gasteiger partial charge in [0.2, 0.25) is 6.79 Å². The van der Waals surface area contributed by atoms with Crippen molar-refractivity contribution in [2.24, 2.45) is 0 Å². The number of halogens is 4. The molecule has 0 saturated heterocycles. The van der Waals surface area contributed by atoms with Gasteiger partial charge in [-0.25, -0.2) is 0 Å². The topological polar surface area (TPSA) is 116 Å². The van der Waals surface area contributed by atoms with Crippen LogP contribution in [0.5, 0.6) is 28.7 Å². The number of methoxy groups -OCH3 is 2. The number of benzene rings is 4. The van der Waals surface area contributed by atoms with Gasteiger partial charge in [0.05, 0.1) is 47.0 Å². The number of amides is 2. The molecule has 0 radical (unpaired) electrons. The van der Waals surface area contributed by atoms with Crippen molar-refractivity contribution in [1.82, 2.24) is 10.2 Å². The van der Waals surface area contributed by atoms with E-state index in [9.17, 15) is 14.7 Å². The second kappa shape index (κ2) is 17.2. The first-order valence-corrected chi connectivity index (χ1v) is 17.0. The molecule has 14 heteroatoms. The van der Waals surface area contributed by atoms with Crippen molar-refractivity contribution in [2.45, 2.75) is 25.0 Å². The summed E-state index contributed by atoms with van der Waals surface area (Å²) >= 11 is 25.2. The van der Waals surface area contributed by atoms with Gasteiger partial charge in [-0.1, -0.05) is 82.8 Å². The van der Waals surface area contributed by atoms with E-state index in [0.29, 0.717) is 28.7 Å². The highest BCUT2D eigenvalue weighted by Crippen LogP contribution is 2.38. The first kappa shape index (κ1) is 37.2. The minimum Gasteiger partial charge on any atom is -0.493 e. The van der Waals surface area contributed by atoms with Crippen molar-refractivity contribution >= 4 is 58.2 Å². The van der Waals surface area contributed by atoms with E-state index in [1.54, 1.807) is 12.1 Å². The summed E-state index contributed by atoms with van der Waals surface area (Å²) in [6.07, 6.45) is -0.578. The SMILES string of the molecule is COc1ccc(C(=O)N[C@@H](Cc2ccccc2)[C@@H](O)CN(CCc2ccc3c(c2)OCO3)C(=O)COc2c(Cl)cc(Cl)cc2Cl)c(Cl)c1OC. The second-order valence-corrected chi connectivity index (χ2v) is 12.9. The fraction of sp³-hybridized carbons (Fsp3) is 0.278. The molecule has 1 heterocycles. The van der Waals surface area contributed by atoms with Gasteiger partial charge in [0, 0.05) is 18.1 Å². The van der Waals surface area contributed by atoms with Crippen LogP contribution in [0.25, 0.3) is 0 Å². The van der Waals surface area contributed by atoms with Gasteiger partial charge in [0.1, 0.15) is 0 Å². The first-order chi connectivity index (χ1) is 24.1. The smallest absolute Gasteiger partial charge is 0.260 e. The predicted octanol–water partition coefficient (Wildman–Crippen LogP) is 6.90. The molecule has 1 aliphatic heterocycles. The molecular weight excluding hydrogens is 730 g/mol. The molecule has 0 aromatic heterocycles. The Bertz CT molecular complexity index is 1800. The molecule has 0 unspecified atom stereocenters. The van der Waals surface area contributed by atoms with Gasteiger partial charge in [-0.2, -0.15) is 0 Å². The molecule has 0 saturated carbocycles. The summed E-state index contributed by atoms with van der Waals surface area (Å²) in [7, 11) is 2.88. The number of carbonyl (C=O) groups is 2. The van der Waals surface area contributed by atoms with Gasteiger partial charge in [-0.05, 0) is 60.4 Å². The van der Waals surface area contributed by atoms with Crippen LogP contribution in [0, 0.1) is 0 Å². The van der Waals surface area contributed by atoms with Crippen LogP contribution in [0.3, 0.4) is 0 Å². The summed E-state index contributed by atoms with van der Waals surface area (Å²) in [4.78, 5) is 28.9. The van der Waals surface area contributed by atoms with E-state index in [1.807, 2.05) is 42.5 Å². The van der Waals surface area contributed by atoms with Gasteiger partial charge < -0.3 is 39.0 Å². The number of rotatable bonds is 15.